The van der Waals surface area contributed by atoms with Crippen molar-refractivity contribution >= 4 is 5.91 Å². The van der Waals surface area contributed by atoms with Gasteiger partial charge in [-0.3, -0.25) is 4.79 Å². The summed E-state index contributed by atoms with van der Waals surface area (Å²) in [5.74, 6) is 1.26. The molecule has 4 rings (SSSR count). The second-order valence-electron chi connectivity index (χ2n) is 7.88. The lowest BCUT2D eigenvalue weighted by molar-refractivity contribution is -0.133. The summed E-state index contributed by atoms with van der Waals surface area (Å²) in [7, 11) is 0. The summed E-state index contributed by atoms with van der Waals surface area (Å²) in [6.45, 7) is 7.48. The molecule has 2 aliphatic heterocycles. The number of hydrogen-bond donors (Lipinski definition) is 1. The number of aromatic nitrogens is 2. The minimum atomic E-state index is -0.111. The summed E-state index contributed by atoms with van der Waals surface area (Å²) in [6, 6.07) is 8.29. The number of nitrogens with one attached hydrogen (secondary N) is 1. The molecule has 1 fully saturated rings. The van der Waals surface area contributed by atoms with Crippen LogP contribution in [0.3, 0.4) is 0 Å². The number of rotatable bonds is 3. The molecule has 2 aliphatic rings. The molecule has 27 heavy (non-hydrogen) atoms. The Bertz CT molecular complexity index is 818. The van der Waals surface area contributed by atoms with E-state index in [0.717, 1.165) is 56.8 Å². The molecular formula is C22H28N4O. The summed E-state index contributed by atoms with van der Waals surface area (Å²) < 4.78 is 0. The van der Waals surface area contributed by atoms with Crippen LogP contribution in [0.2, 0.25) is 0 Å². The highest BCUT2D eigenvalue weighted by molar-refractivity contribution is 5.83. The van der Waals surface area contributed by atoms with E-state index in [1.807, 2.05) is 18.0 Å². The zero-order chi connectivity index (χ0) is 18.8. The van der Waals surface area contributed by atoms with E-state index in [4.69, 9.17) is 4.98 Å². The highest BCUT2D eigenvalue weighted by Crippen LogP contribution is 2.28. The van der Waals surface area contributed by atoms with Crippen molar-refractivity contribution in [2.24, 2.45) is 0 Å². The lowest BCUT2D eigenvalue weighted by Crippen LogP contribution is -2.41. The van der Waals surface area contributed by atoms with E-state index in [-0.39, 0.29) is 17.7 Å². The van der Waals surface area contributed by atoms with Crippen molar-refractivity contribution in [1.82, 2.24) is 20.2 Å². The van der Waals surface area contributed by atoms with E-state index in [2.05, 4.69) is 41.5 Å². The van der Waals surface area contributed by atoms with Crippen LogP contribution in [0.15, 0.2) is 30.5 Å². The summed E-state index contributed by atoms with van der Waals surface area (Å²) in [4.78, 5) is 24.6. The summed E-state index contributed by atoms with van der Waals surface area (Å²) in [5.41, 5.74) is 4.69. The number of fused-ring (bicyclic) bond motifs is 1. The molecular weight excluding hydrogens is 336 g/mol. The van der Waals surface area contributed by atoms with Crippen molar-refractivity contribution in [1.29, 1.82) is 0 Å². The van der Waals surface area contributed by atoms with Crippen molar-refractivity contribution in [2.75, 3.05) is 19.6 Å². The van der Waals surface area contributed by atoms with E-state index in [0.29, 0.717) is 0 Å². The maximum atomic E-state index is 13.1. The van der Waals surface area contributed by atoms with E-state index in [1.165, 1.54) is 16.8 Å². The zero-order valence-corrected chi connectivity index (χ0v) is 16.2. The number of carbonyl (C=O) groups excluding carboxylic acids is 1. The maximum Gasteiger partial charge on any atom is 0.229 e. The molecule has 1 amide bonds. The topological polar surface area (TPSA) is 58.1 Å². The van der Waals surface area contributed by atoms with Gasteiger partial charge in [0.15, 0.2) is 0 Å². The Morgan fingerprint density at radius 2 is 2.11 bits per heavy atom. The van der Waals surface area contributed by atoms with Gasteiger partial charge in [-0.1, -0.05) is 29.8 Å². The molecule has 0 bridgehead atoms. The predicted octanol–water partition coefficient (Wildman–Crippen LogP) is 2.94. The molecule has 5 heteroatoms. The number of amides is 1. The average molecular weight is 364 g/mol. The van der Waals surface area contributed by atoms with Crippen molar-refractivity contribution < 1.29 is 4.79 Å². The second kappa shape index (κ2) is 7.77. The third kappa shape index (κ3) is 3.88. The predicted molar refractivity (Wildman–Crippen MR) is 106 cm³/mol. The molecule has 1 aromatic heterocycles. The fraction of sp³-hybridized carbons (Fsp3) is 0.500. The van der Waals surface area contributed by atoms with Gasteiger partial charge in [0.05, 0.1) is 5.92 Å². The van der Waals surface area contributed by atoms with Gasteiger partial charge >= 0.3 is 0 Å². The quantitative estimate of drug-likeness (QED) is 0.910. The molecule has 142 valence electrons. The van der Waals surface area contributed by atoms with Crippen LogP contribution < -0.4 is 5.32 Å². The van der Waals surface area contributed by atoms with Gasteiger partial charge in [-0.2, -0.15) is 0 Å². The minimum absolute atomic E-state index is 0.111. The molecule has 0 spiro atoms. The first-order valence-electron chi connectivity index (χ1n) is 10.0. The number of carbonyl (C=O) groups is 1. The molecule has 0 saturated carbocycles. The van der Waals surface area contributed by atoms with Gasteiger partial charge in [0, 0.05) is 56.0 Å². The van der Waals surface area contributed by atoms with Crippen LogP contribution >= 0.6 is 0 Å². The summed E-state index contributed by atoms with van der Waals surface area (Å²) in [6.07, 6.45) is 5.00. The number of likely N-dealkylation sites (tertiary alicyclic amines) is 1. The largest absolute Gasteiger partial charge is 0.341 e. The normalized spacial score (nSPS) is 20.8. The van der Waals surface area contributed by atoms with E-state index in [9.17, 15) is 4.79 Å². The maximum absolute atomic E-state index is 13.1. The van der Waals surface area contributed by atoms with Crippen molar-refractivity contribution in [3.63, 3.8) is 0 Å². The molecule has 1 saturated heterocycles. The second-order valence-corrected chi connectivity index (χ2v) is 7.88. The fourth-order valence-corrected chi connectivity index (χ4v) is 4.11. The average Bonchev–Trinajstić information content (AvgIpc) is 2.73. The van der Waals surface area contributed by atoms with Gasteiger partial charge in [0.1, 0.15) is 5.82 Å². The van der Waals surface area contributed by atoms with Crippen LogP contribution in [0.5, 0.6) is 0 Å². The third-order valence-electron chi connectivity index (χ3n) is 5.87. The first-order valence-corrected chi connectivity index (χ1v) is 10.0. The van der Waals surface area contributed by atoms with E-state index in [1.54, 1.807) is 0 Å². The van der Waals surface area contributed by atoms with Gasteiger partial charge in [-0.15, -0.1) is 0 Å². The van der Waals surface area contributed by atoms with Gasteiger partial charge in [0.25, 0.3) is 0 Å². The van der Waals surface area contributed by atoms with Crippen LogP contribution in [0.4, 0.5) is 0 Å². The van der Waals surface area contributed by atoms with E-state index < -0.39 is 0 Å². The molecule has 0 radical (unpaired) electrons. The Hall–Kier alpha value is -2.27. The highest BCUT2D eigenvalue weighted by Gasteiger charge is 2.30. The number of hydrogen-bond acceptors (Lipinski definition) is 4. The van der Waals surface area contributed by atoms with E-state index >= 15 is 0 Å². The molecule has 2 atom stereocenters. The first kappa shape index (κ1) is 18.1. The number of nitrogens with zero attached hydrogens (tertiary/aromatic N) is 3. The Morgan fingerprint density at radius 3 is 2.93 bits per heavy atom. The smallest absolute Gasteiger partial charge is 0.229 e. The van der Waals surface area contributed by atoms with Crippen LogP contribution in [-0.4, -0.2) is 40.4 Å². The number of piperidine rings is 1. The highest BCUT2D eigenvalue weighted by atomic mass is 16.2. The summed E-state index contributed by atoms with van der Waals surface area (Å²) >= 11 is 0. The Labute approximate surface area is 161 Å². The monoisotopic (exact) mass is 364 g/mol. The van der Waals surface area contributed by atoms with Crippen LogP contribution in [0.25, 0.3) is 0 Å². The Kier molecular flexibility index (Phi) is 5.21. The number of benzene rings is 1. The van der Waals surface area contributed by atoms with Gasteiger partial charge in [0.2, 0.25) is 5.91 Å². The molecule has 1 aromatic carbocycles. The SMILES string of the molecule is Cc1ccc(C(C)C(=O)N2CCCC(c3ncc4c(n3)CCNC4)C2)cc1. The van der Waals surface area contributed by atoms with Gasteiger partial charge < -0.3 is 10.2 Å². The molecule has 0 aliphatic carbocycles. The first-order chi connectivity index (χ1) is 13.1. The minimum Gasteiger partial charge on any atom is -0.341 e. The number of aryl methyl sites for hydroxylation is 1. The van der Waals surface area contributed by atoms with Gasteiger partial charge in [-0.25, -0.2) is 9.97 Å². The Balaban J connectivity index is 1.47. The molecule has 5 nitrogen and oxygen atoms in total. The fourth-order valence-electron chi connectivity index (χ4n) is 4.11. The molecule has 1 N–H and O–H groups in total. The zero-order valence-electron chi connectivity index (χ0n) is 16.2. The lowest BCUT2D eigenvalue weighted by atomic mass is 9.93. The van der Waals surface area contributed by atoms with Crippen molar-refractivity contribution in [2.45, 2.75) is 51.5 Å². The molecule has 2 unspecified atom stereocenters. The van der Waals surface area contributed by atoms with Crippen molar-refractivity contribution in [3.05, 3.63) is 58.7 Å². The van der Waals surface area contributed by atoms with Crippen LogP contribution in [0.1, 0.15) is 59.8 Å². The summed E-state index contributed by atoms with van der Waals surface area (Å²) in [5, 5.41) is 3.36. The standard InChI is InChI=1S/C22H28N4O/c1-15-5-7-17(8-6-15)16(2)22(27)26-11-3-4-18(14-26)21-24-13-19-12-23-10-9-20(19)25-21/h5-8,13,16,18,23H,3-4,9-12,14H2,1-2H3. The Morgan fingerprint density at radius 1 is 1.30 bits per heavy atom. The third-order valence-corrected chi connectivity index (χ3v) is 5.87. The lowest BCUT2D eigenvalue weighted by Gasteiger charge is -2.34. The molecule has 3 heterocycles. The molecule has 2 aromatic rings. The van der Waals surface area contributed by atoms with Crippen LogP contribution in [0, 0.1) is 6.92 Å². The van der Waals surface area contributed by atoms with Gasteiger partial charge in [-0.05, 0) is 32.3 Å². The van der Waals surface area contributed by atoms with Crippen LogP contribution in [-0.2, 0) is 17.8 Å². The van der Waals surface area contributed by atoms with Crippen molar-refractivity contribution in [3.8, 4) is 0 Å².